The van der Waals surface area contributed by atoms with E-state index >= 15 is 0 Å². The first-order chi connectivity index (χ1) is 9.90. The Morgan fingerprint density at radius 1 is 1.38 bits per heavy atom. The highest BCUT2D eigenvalue weighted by atomic mass is 32.2. The second-order valence-corrected chi connectivity index (χ2v) is 6.74. The molecule has 0 aromatic heterocycles. The number of hydrogen-bond acceptors (Lipinski definition) is 3. The van der Waals surface area contributed by atoms with Crippen molar-refractivity contribution in [1.29, 1.82) is 0 Å². The summed E-state index contributed by atoms with van der Waals surface area (Å²) in [5.74, 6) is -0.866. The summed E-state index contributed by atoms with van der Waals surface area (Å²) in [6.45, 7) is 10.9. The Morgan fingerprint density at radius 3 is 2.67 bits per heavy atom. The third kappa shape index (κ3) is 2.24. The summed E-state index contributed by atoms with van der Waals surface area (Å²) in [5.41, 5.74) is -2.67. The van der Waals surface area contributed by atoms with E-state index in [1.807, 2.05) is 0 Å². The first kappa shape index (κ1) is 15.3. The van der Waals surface area contributed by atoms with Crippen LogP contribution in [0.15, 0.2) is 0 Å². The van der Waals surface area contributed by atoms with E-state index < -0.39 is 39.4 Å². The first-order valence-electron chi connectivity index (χ1n) is 6.44. The van der Waals surface area contributed by atoms with Gasteiger partial charge in [-0.05, 0) is 22.5 Å². The molecular weight excluding hydrogens is 296 g/mol. The number of carboxylic acids is 1. The maximum Gasteiger partial charge on any atom is 0.473 e. The number of unbranched alkanes of at least 4 members (excludes halogenated alkanes) is 1. The molecule has 2 unspecified atom stereocenters. The number of amides is 2. The van der Waals surface area contributed by atoms with Crippen LogP contribution in [0.3, 0.4) is 0 Å². The van der Waals surface area contributed by atoms with Crippen molar-refractivity contribution in [1.82, 2.24) is 10.6 Å². The fourth-order valence-electron chi connectivity index (χ4n) is 2.92. The number of fused-ring (bicyclic) bond motifs is 1. The van der Waals surface area contributed by atoms with Crippen molar-refractivity contribution in [3.63, 3.8) is 0 Å². The monoisotopic (exact) mass is 312 g/mol. The van der Waals surface area contributed by atoms with E-state index in [-0.39, 0.29) is 12.2 Å². The topological polar surface area (TPSA) is 104 Å². The summed E-state index contributed by atoms with van der Waals surface area (Å²) in [4.78, 5) is 29.5. The van der Waals surface area contributed by atoms with Crippen LogP contribution in [0.5, 0.6) is 0 Å². The molecule has 0 saturated carbocycles. The molecule has 2 amide bonds. The molecule has 4 atom stereocenters. The van der Waals surface area contributed by atoms with Crippen LogP contribution in [0, 0.1) is 13.1 Å². The Hall–Kier alpha value is -2.13. The van der Waals surface area contributed by atoms with Crippen LogP contribution in [0.1, 0.15) is 25.7 Å². The van der Waals surface area contributed by atoms with Crippen molar-refractivity contribution in [2.24, 2.45) is 0 Å². The number of nitrogens with zero attached hydrogens (tertiary/aromatic N) is 2. The molecule has 0 aromatic rings. The van der Waals surface area contributed by atoms with E-state index in [1.54, 1.807) is 0 Å². The highest BCUT2D eigenvalue weighted by Gasteiger charge is 2.86. The molecule has 2 aliphatic rings. The van der Waals surface area contributed by atoms with Gasteiger partial charge < -0.3 is 5.11 Å². The van der Waals surface area contributed by atoms with Crippen molar-refractivity contribution in [3.05, 3.63) is 9.69 Å². The van der Waals surface area contributed by atoms with Crippen molar-refractivity contribution >= 4 is 22.8 Å². The molecule has 112 valence electrons. The third-order valence-corrected chi connectivity index (χ3v) is 5.83. The van der Waals surface area contributed by atoms with Crippen LogP contribution < -0.4 is 10.6 Å². The minimum Gasteiger partial charge on any atom is -0.481 e. The molecule has 2 rings (SSSR count). The van der Waals surface area contributed by atoms with Gasteiger partial charge in [-0.1, -0.05) is 6.42 Å². The quantitative estimate of drug-likeness (QED) is 0.504. The minimum atomic E-state index is -1.35. The zero-order chi connectivity index (χ0) is 15.7. The third-order valence-electron chi connectivity index (χ3n) is 3.92. The van der Waals surface area contributed by atoms with E-state index in [9.17, 15) is 13.8 Å². The number of carbonyl (C=O) groups is 2. The van der Waals surface area contributed by atoms with Gasteiger partial charge in [0.25, 0.3) is 13.1 Å². The molecule has 2 saturated heterocycles. The van der Waals surface area contributed by atoms with Gasteiger partial charge in [0.05, 0.1) is 0 Å². The SMILES string of the molecule is C#[N+][C@]12CS(=O)C(CCCCC(=O)O)[C@@]1([N+]#C)NC(=O)N2. The molecule has 0 aliphatic carbocycles. The average Bonchev–Trinajstić information content (AvgIpc) is 2.82. The smallest absolute Gasteiger partial charge is 0.473 e. The number of hydrogen-bond donors (Lipinski definition) is 3. The number of carbonyl (C=O) groups excluding carboxylic acids is 1. The summed E-state index contributed by atoms with van der Waals surface area (Å²) in [7, 11) is -1.35. The van der Waals surface area contributed by atoms with Crippen molar-refractivity contribution in [3.8, 4) is 13.1 Å². The van der Waals surface area contributed by atoms with Gasteiger partial charge in [0, 0.05) is 17.2 Å². The van der Waals surface area contributed by atoms with Gasteiger partial charge in [-0.3, -0.25) is 19.6 Å². The maximum absolute atomic E-state index is 12.3. The van der Waals surface area contributed by atoms with E-state index in [1.165, 1.54) is 0 Å². The summed E-state index contributed by atoms with van der Waals surface area (Å²) in [6.07, 6.45) is 1.40. The van der Waals surface area contributed by atoms with Gasteiger partial charge in [-0.15, -0.1) is 0 Å². The first-order valence-corrected chi connectivity index (χ1v) is 7.82. The molecular formula is C12H16N4O4S+2. The number of nitrogens with one attached hydrogen (secondary N) is 2. The van der Waals surface area contributed by atoms with Crippen molar-refractivity contribution in [2.45, 2.75) is 42.3 Å². The highest BCUT2D eigenvalue weighted by Crippen LogP contribution is 2.44. The lowest BCUT2D eigenvalue weighted by Gasteiger charge is -2.15. The zero-order valence-electron chi connectivity index (χ0n) is 11.2. The largest absolute Gasteiger partial charge is 0.481 e. The molecule has 2 aliphatic heterocycles. The lowest BCUT2D eigenvalue weighted by atomic mass is 9.91. The van der Waals surface area contributed by atoms with Crippen LogP contribution in [-0.4, -0.2) is 43.6 Å². The molecule has 21 heavy (non-hydrogen) atoms. The van der Waals surface area contributed by atoms with E-state index in [2.05, 4.69) is 20.3 Å². The van der Waals surface area contributed by atoms with Gasteiger partial charge in [-0.25, -0.2) is 4.79 Å². The predicted octanol–water partition coefficient (Wildman–Crippen LogP) is 0.393. The van der Waals surface area contributed by atoms with E-state index in [0.29, 0.717) is 19.3 Å². The summed E-state index contributed by atoms with van der Waals surface area (Å²) in [6, 6.07) is -0.523. The Kier molecular flexibility index (Phi) is 3.88. The highest BCUT2D eigenvalue weighted by molar-refractivity contribution is 7.86. The van der Waals surface area contributed by atoms with Gasteiger partial charge >= 0.3 is 23.3 Å². The lowest BCUT2D eigenvalue weighted by molar-refractivity contribution is -0.137. The van der Waals surface area contributed by atoms with Crippen molar-refractivity contribution in [2.75, 3.05) is 5.75 Å². The van der Waals surface area contributed by atoms with Gasteiger partial charge in [0.1, 0.15) is 11.0 Å². The maximum atomic E-state index is 12.3. The van der Waals surface area contributed by atoms with Crippen LogP contribution in [0.2, 0.25) is 0 Å². The van der Waals surface area contributed by atoms with Crippen LogP contribution in [-0.2, 0) is 15.6 Å². The zero-order valence-corrected chi connectivity index (χ0v) is 12.1. The Bertz CT molecular complexity index is 595. The summed E-state index contributed by atoms with van der Waals surface area (Å²) >= 11 is 0. The number of aliphatic carboxylic acids is 1. The molecule has 9 heteroatoms. The Morgan fingerprint density at radius 2 is 2.10 bits per heavy atom. The predicted molar refractivity (Wildman–Crippen MR) is 76.6 cm³/mol. The van der Waals surface area contributed by atoms with Gasteiger partial charge in [-0.2, -0.15) is 0 Å². The Labute approximate surface area is 124 Å². The molecule has 2 heterocycles. The number of carboxylic acid groups (broad SMARTS) is 1. The molecule has 8 nitrogen and oxygen atoms in total. The molecule has 0 bridgehead atoms. The molecule has 0 radical (unpaired) electrons. The molecule has 3 N–H and O–H groups in total. The molecule has 0 aromatic carbocycles. The average molecular weight is 312 g/mol. The second-order valence-electron chi connectivity index (χ2n) is 5.12. The summed E-state index contributed by atoms with van der Waals surface area (Å²) in [5, 5.41) is 13.2. The second kappa shape index (κ2) is 5.34. The fraction of sp³-hybridized carbons (Fsp3) is 0.667. The van der Waals surface area contributed by atoms with Crippen LogP contribution >= 0.6 is 0 Å². The minimum absolute atomic E-state index is 0.0204. The molecule has 0 spiro atoms. The van der Waals surface area contributed by atoms with E-state index in [4.69, 9.17) is 18.3 Å². The van der Waals surface area contributed by atoms with Gasteiger partial charge in [0.15, 0.2) is 0 Å². The van der Waals surface area contributed by atoms with E-state index in [0.717, 1.165) is 0 Å². The number of urea groups is 1. The van der Waals surface area contributed by atoms with Crippen molar-refractivity contribution < 1.29 is 18.9 Å². The number of rotatable bonds is 5. The van der Waals surface area contributed by atoms with Crippen LogP contribution in [0.4, 0.5) is 4.79 Å². The van der Waals surface area contributed by atoms with Gasteiger partial charge in [0.2, 0.25) is 0 Å². The fourth-order valence-corrected chi connectivity index (χ4v) is 5.02. The lowest BCUT2D eigenvalue weighted by Crippen LogP contribution is -2.58. The standard InChI is InChI=1S/C12H14N4O4S/c1-13-11-7-21(20)8(5-3-4-6-9(17)18)12(11,14-2)16-10(19)15-11/h1-2,8H,3-7H2,(H-2,15,16,17,18,19)/p+2/t8?,11-,12+,21?/m0/s1. The molecule has 2 fully saturated rings. The Balaban J connectivity index is 2.19. The van der Waals surface area contributed by atoms with Crippen LogP contribution in [0.25, 0.3) is 9.69 Å². The normalized spacial score (nSPS) is 37.0. The summed E-state index contributed by atoms with van der Waals surface area (Å²) < 4.78 is 12.3.